The minimum Gasteiger partial charge on any atom is -0.497 e. The van der Waals surface area contributed by atoms with Crippen molar-refractivity contribution in [2.45, 2.75) is 0 Å². The summed E-state index contributed by atoms with van der Waals surface area (Å²) in [7, 11) is 1.56. The van der Waals surface area contributed by atoms with Gasteiger partial charge in [-0.05, 0) is 76.1 Å². The number of amides is 1. The molecule has 1 amide bonds. The third kappa shape index (κ3) is 5.73. The van der Waals surface area contributed by atoms with Crippen LogP contribution in [0.2, 0.25) is 0 Å². The van der Waals surface area contributed by atoms with Crippen LogP contribution in [0.3, 0.4) is 0 Å². The first-order valence-electron chi connectivity index (χ1n) is 8.45. The fourth-order valence-corrected chi connectivity index (χ4v) is 2.65. The molecule has 0 spiro atoms. The third-order valence-electron chi connectivity index (χ3n) is 3.76. The SMILES string of the molecule is COc1ccc(C(=O)Oc2ccc(C=NNC(=O)c3cncc(Br)c3)cc2)cc1. The van der Waals surface area contributed by atoms with E-state index in [1.165, 1.54) is 12.4 Å². The Morgan fingerprint density at radius 2 is 1.69 bits per heavy atom. The summed E-state index contributed by atoms with van der Waals surface area (Å²) in [4.78, 5) is 28.1. The van der Waals surface area contributed by atoms with E-state index in [0.29, 0.717) is 27.1 Å². The number of halogens is 1. The average Bonchev–Trinajstić information content (AvgIpc) is 2.75. The summed E-state index contributed by atoms with van der Waals surface area (Å²) in [6.07, 6.45) is 4.52. The van der Waals surface area contributed by atoms with Gasteiger partial charge in [-0.15, -0.1) is 0 Å². The number of nitrogens with one attached hydrogen (secondary N) is 1. The first-order chi connectivity index (χ1) is 14.0. The highest BCUT2D eigenvalue weighted by Gasteiger charge is 2.09. The number of methoxy groups -OCH3 is 1. The van der Waals surface area contributed by atoms with Gasteiger partial charge in [0.05, 0.1) is 24.5 Å². The predicted molar refractivity (Wildman–Crippen MR) is 111 cm³/mol. The van der Waals surface area contributed by atoms with Crippen molar-refractivity contribution in [1.29, 1.82) is 0 Å². The Morgan fingerprint density at radius 3 is 2.34 bits per heavy atom. The van der Waals surface area contributed by atoms with E-state index in [0.717, 1.165) is 5.56 Å². The molecule has 0 atom stereocenters. The first kappa shape index (κ1) is 20.2. The van der Waals surface area contributed by atoms with Crippen LogP contribution >= 0.6 is 15.9 Å². The van der Waals surface area contributed by atoms with Gasteiger partial charge in [0, 0.05) is 16.9 Å². The number of pyridine rings is 1. The van der Waals surface area contributed by atoms with Crippen molar-refractivity contribution in [1.82, 2.24) is 10.4 Å². The number of carbonyl (C=O) groups is 2. The maximum absolute atomic E-state index is 12.2. The normalized spacial score (nSPS) is 10.6. The van der Waals surface area contributed by atoms with E-state index in [9.17, 15) is 9.59 Å². The Labute approximate surface area is 175 Å². The van der Waals surface area contributed by atoms with Crippen LogP contribution in [-0.4, -0.2) is 30.2 Å². The van der Waals surface area contributed by atoms with Crippen LogP contribution in [-0.2, 0) is 0 Å². The molecule has 0 saturated carbocycles. The van der Waals surface area contributed by atoms with Gasteiger partial charge >= 0.3 is 5.97 Å². The van der Waals surface area contributed by atoms with Crippen LogP contribution in [0.5, 0.6) is 11.5 Å². The molecule has 0 aliphatic carbocycles. The zero-order valence-corrected chi connectivity index (χ0v) is 16.9. The van der Waals surface area contributed by atoms with Crippen molar-refractivity contribution in [2.24, 2.45) is 5.10 Å². The van der Waals surface area contributed by atoms with Crippen LogP contribution in [0, 0.1) is 0 Å². The van der Waals surface area contributed by atoms with Crippen molar-refractivity contribution in [3.63, 3.8) is 0 Å². The topological polar surface area (TPSA) is 89.9 Å². The molecule has 29 heavy (non-hydrogen) atoms. The average molecular weight is 454 g/mol. The molecule has 0 aliphatic heterocycles. The maximum atomic E-state index is 12.2. The summed E-state index contributed by atoms with van der Waals surface area (Å²) in [5, 5.41) is 3.91. The van der Waals surface area contributed by atoms with Crippen molar-refractivity contribution >= 4 is 34.0 Å². The summed E-state index contributed by atoms with van der Waals surface area (Å²) in [5.41, 5.74) is 3.95. The van der Waals surface area contributed by atoms with Gasteiger partial charge in [0.2, 0.25) is 0 Å². The van der Waals surface area contributed by atoms with Gasteiger partial charge in [0.25, 0.3) is 5.91 Å². The van der Waals surface area contributed by atoms with Crippen LogP contribution in [0.1, 0.15) is 26.3 Å². The molecular weight excluding hydrogens is 438 g/mol. The molecule has 0 bridgehead atoms. The van der Waals surface area contributed by atoms with Gasteiger partial charge in [-0.2, -0.15) is 5.10 Å². The Kier molecular flexibility index (Phi) is 6.70. The second-order valence-electron chi connectivity index (χ2n) is 5.78. The molecule has 1 aromatic heterocycles. The zero-order chi connectivity index (χ0) is 20.6. The Balaban J connectivity index is 1.56. The van der Waals surface area contributed by atoms with Crippen LogP contribution in [0.25, 0.3) is 0 Å². The largest absolute Gasteiger partial charge is 0.497 e. The number of carbonyl (C=O) groups excluding carboxylic acids is 2. The molecule has 3 rings (SSSR count). The predicted octanol–water partition coefficient (Wildman–Crippen LogP) is 3.84. The van der Waals surface area contributed by atoms with Crippen molar-refractivity contribution in [3.8, 4) is 11.5 Å². The second-order valence-corrected chi connectivity index (χ2v) is 6.69. The van der Waals surface area contributed by atoms with Crippen LogP contribution < -0.4 is 14.9 Å². The molecule has 0 aliphatic rings. The Bertz CT molecular complexity index is 1030. The number of esters is 1. The number of benzene rings is 2. The van der Waals surface area contributed by atoms with E-state index in [1.807, 2.05) is 0 Å². The zero-order valence-electron chi connectivity index (χ0n) is 15.3. The van der Waals surface area contributed by atoms with Crippen molar-refractivity contribution in [3.05, 3.63) is 88.2 Å². The van der Waals surface area contributed by atoms with Gasteiger partial charge in [-0.3, -0.25) is 9.78 Å². The molecule has 146 valence electrons. The lowest BCUT2D eigenvalue weighted by Gasteiger charge is -2.05. The first-order valence-corrected chi connectivity index (χ1v) is 9.25. The molecule has 1 heterocycles. The summed E-state index contributed by atoms with van der Waals surface area (Å²) >= 11 is 3.26. The Hall–Kier alpha value is -3.52. The summed E-state index contributed by atoms with van der Waals surface area (Å²) in [5.74, 6) is 0.213. The summed E-state index contributed by atoms with van der Waals surface area (Å²) in [6, 6.07) is 15.0. The highest BCUT2D eigenvalue weighted by Crippen LogP contribution is 2.16. The lowest BCUT2D eigenvalue weighted by molar-refractivity contribution is 0.0734. The quantitative estimate of drug-likeness (QED) is 0.265. The monoisotopic (exact) mass is 453 g/mol. The number of nitrogens with zero attached hydrogens (tertiary/aromatic N) is 2. The fraction of sp³-hybridized carbons (Fsp3) is 0.0476. The van der Waals surface area contributed by atoms with E-state index in [-0.39, 0.29) is 5.91 Å². The number of hydrogen-bond acceptors (Lipinski definition) is 6. The highest BCUT2D eigenvalue weighted by molar-refractivity contribution is 9.10. The molecule has 3 aromatic rings. The number of hydrogen-bond donors (Lipinski definition) is 1. The van der Waals surface area contributed by atoms with E-state index >= 15 is 0 Å². The number of hydrazone groups is 1. The highest BCUT2D eigenvalue weighted by atomic mass is 79.9. The Morgan fingerprint density at radius 1 is 1.00 bits per heavy atom. The molecular formula is C21H16BrN3O4. The van der Waals surface area contributed by atoms with Gasteiger partial charge in [0.15, 0.2) is 0 Å². The molecule has 0 unspecified atom stereocenters. The molecule has 8 heteroatoms. The van der Waals surface area contributed by atoms with Gasteiger partial charge < -0.3 is 9.47 Å². The summed E-state index contributed by atoms with van der Waals surface area (Å²) in [6.45, 7) is 0. The van der Waals surface area contributed by atoms with Crippen LogP contribution in [0.4, 0.5) is 0 Å². The number of aromatic nitrogens is 1. The van der Waals surface area contributed by atoms with Crippen molar-refractivity contribution < 1.29 is 19.1 Å². The third-order valence-corrected chi connectivity index (χ3v) is 4.20. The second kappa shape index (κ2) is 9.61. The molecule has 7 nitrogen and oxygen atoms in total. The molecule has 0 fully saturated rings. The maximum Gasteiger partial charge on any atom is 0.343 e. The van der Waals surface area contributed by atoms with Crippen molar-refractivity contribution in [2.75, 3.05) is 7.11 Å². The lowest BCUT2D eigenvalue weighted by atomic mass is 10.2. The lowest BCUT2D eigenvalue weighted by Crippen LogP contribution is -2.17. The fourth-order valence-electron chi connectivity index (χ4n) is 2.28. The number of ether oxygens (including phenoxy) is 2. The van der Waals surface area contributed by atoms with E-state index < -0.39 is 5.97 Å². The minimum absolute atomic E-state index is 0.375. The molecule has 0 radical (unpaired) electrons. The molecule has 0 saturated heterocycles. The van der Waals surface area contributed by atoms with Gasteiger partial charge in [0.1, 0.15) is 11.5 Å². The molecule has 1 N–H and O–H groups in total. The van der Waals surface area contributed by atoms with Gasteiger partial charge in [-0.1, -0.05) is 0 Å². The smallest absolute Gasteiger partial charge is 0.343 e. The summed E-state index contributed by atoms with van der Waals surface area (Å²) < 4.78 is 11.1. The van der Waals surface area contributed by atoms with E-state index in [2.05, 4.69) is 31.4 Å². The van der Waals surface area contributed by atoms with Gasteiger partial charge in [-0.25, -0.2) is 10.2 Å². The minimum atomic E-state index is -0.469. The van der Waals surface area contributed by atoms with E-state index in [1.54, 1.807) is 67.9 Å². The standard InChI is InChI=1S/C21H16BrN3O4/c1-28-18-8-4-15(5-9-18)21(27)29-19-6-2-14(3-7-19)11-24-25-20(26)16-10-17(22)13-23-12-16/h2-13H,1H3,(H,25,26). The molecule has 2 aromatic carbocycles. The number of rotatable bonds is 6. The van der Waals surface area contributed by atoms with E-state index in [4.69, 9.17) is 9.47 Å². The van der Waals surface area contributed by atoms with Crippen LogP contribution in [0.15, 0.2) is 76.6 Å².